The molecule has 1 fully saturated rings. The predicted octanol–water partition coefficient (Wildman–Crippen LogP) is 1.95. The van der Waals surface area contributed by atoms with Crippen molar-refractivity contribution in [1.29, 1.82) is 0 Å². The summed E-state index contributed by atoms with van der Waals surface area (Å²) >= 11 is 0. The van der Waals surface area contributed by atoms with Gasteiger partial charge >= 0.3 is 6.03 Å². The van der Waals surface area contributed by atoms with E-state index in [-0.39, 0.29) is 12.2 Å². The van der Waals surface area contributed by atoms with E-state index in [1.807, 2.05) is 0 Å². The van der Waals surface area contributed by atoms with Gasteiger partial charge in [-0.25, -0.2) is 13.6 Å². The van der Waals surface area contributed by atoms with Crippen LogP contribution in [0.5, 0.6) is 0 Å². The maximum atomic E-state index is 13.3. The van der Waals surface area contributed by atoms with Crippen LogP contribution in [0.15, 0.2) is 18.2 Å². The third-order valence-electron chi connectivity index (χ3n) is 2.88. The number of hydrogen-bond acceptors (Lipinski definition) is 2. The molecule has 18 heavy (non-hydrogen) atoms. The monoisotopic (exact) mass is 256 g/mol. The number of halogens is 2. The number of anilines is 1. The molecule has 1 aliphatic rings. The number of carbonyl (C=O) groups excluding carboxylic acids is 1. The van der Waals surface area contributed by atoms with Crippen LogP contribution in [0.4, 0.5) is 19.3 Å². The Morgan fingerprint density at radius 2 is 2.22 bits per heavy atom. The van der Waals surface area contributed by atoms with Gasteiger partial charge in [-0.1, -0.05) is 6.07 Å². The van der Waals surface area contributed by atoms with Crippen LogP contribution in [-0.4, -0.2) is 35.2 Å². The summed E-state index contributed by atoms with van der Waals surface area (Å²) in [5.74, 6) is -2.09. The van der Waals surface area contributed by atoms with E-state index in [1.54, 1.807) is 0 Å². The number of nitrogens with zero attached hydrogens (tertiary/aromatic N) is 1. The summed E-state index contributed by atoms with van der Waals surface area (Å²) in [6.07, 6.45) is 0.792. The van der Waals surface area contributed by atoms with Crippen molar-refractivity contribution in [1.82, 2.24) is 4.90 Å². The van der Waals surface area contributed by atoms with E-state index in [4.69, 9.17) is 0 Å². The molecule has 1 atom stereocenters. The molecule has 1 aromatic rings. The fraction of sp³-hybridized carbons (Fsp3) is 0.417. The van der Waals surface area contributed by atoms with Gasteiger partial charge in [-0.05, 0) is 25.0 Å². The average molecular weight is 256 g/mol. The summed E-state index contributed by atoms with van der Waals surface area (Å²) < 4.78 is 26.3. The average Bonchev–Trinajstić information content (AvgIpc) is 2.35. The van der Waals surface area contributed by atoms with Crippen LogP contribution in [0.25, 0.3) is 0 Å². The van der Waals surface area contributed by atoms with Crippen LogP contribution in [0.3, 0.4) is 0 Å². The van der Waals surface area contributed by atoms with Crippen molar-refractivity contribution >= 4 is 11.7 Å². The van der Waals surface area contributed by atoms with E-state index >= 15 is 0 Å². The minimum absolute atomic E-state index is 0.194. The fourth-order valence-corrected chi connectivity index (χ4v) is 1.93. The Hall–Kier alpha value is -1.69. The lowest BCUT2D eigenvalue weighted by atomic mass is 10.1. The topological polar surface area (TPSA) is 52.6 Å². The Morgan fingerprint density at radius 1 is 1.44 bits per heavy atom. The maximum absolute atomic E-state index is 13.3. The van der Waals surface area contributed by atoms with Gasteiger partial charge in [0.1, 0.15) is 0 Å². The summed E-state index contributed by atoms with van der Waals surface area (Å²) in [6, 6.07) is 3.06. The van der Waals surface area contributed by atoms with E-state index in [9.17, 15) is 18.7 Å². The molecule has 0 bridgehead atoms. The molecule has 0 saturated carbocycles. The SMILES string of the molecule is O=C(Nc1cccc(F)c1F)N1CCCC(O)C1. The van der Waals surface area contributed by atoms with E-state index in [0.717, 1.165) is 6.07 Å². The highest BCUT2D eigenvalue weighted by Gasteiger charge is 2.22. The molecule has 2 rings (SSSR count). The van der Waals surface area contributed by atoms with Gasteiger partial charge in [-0.3, -0.25) is 0 Å². The minimum Gasteiger partial charge on any atom is -0.391 e. The van der Waals surface area contributed by atoms with Gasteiger partial charge in [0.25, 0.3) is 0 Å². The first kappa shape index (κ1) is 12.8. The number of nitrogens with one attached hydrogen (secondary N) is 1. The largest absolute Gasteiger partial charge is 0.391 e. The van der Waals surface area contributed by atoms with Crippen molar-refractivity contribution in [2.75, 3.05) is 18.4 Å². The highest BCUT2D eigenvalue weighted by atomic mass is 19.2. The number of piperidine rings is 1. The third-order valence-corrected chi connectivity index (χ3v) is 2.88. The third kappa shape index (κ3) is 2.76. The number of amides is 2. The summed E-state index contributed by atoms with van der Waals surface area (Å²) in [7, 11) is 0. The van der Waals surface area contributed by atoms with Gasteiger partial charge in [-0.2, -0.15) is 0 Å². The Bertz CT molecular complexity index is 454. The molecule has 0 spiro atoms. The van der Waals surface area contributed by atoms with E-state index in [2.05, 4.69) is 5.32 Å². The maximum Gasteiger partial charge on any atom is 0.322 e. The van der Waals surface area contributed by atoms with E-state index in [0.29, 0.717) is 19.4 Å². The molecular weight excluding hydrogens is 242 g/mol. The first-order chi connectivity index (χ1) is 8.58. The highest BCUT2D eigenvalue weighted by Crippen LogP contribution is 2.18. The number of aliphatic hydroxyl groups excluding tert-OH is 1. The number of benzene rings is 1. The molecule has 6 heteroatoms. The van der Waals surface area contributed by atoms with Gasteiger partial charge in [-0.15, -0.1) is 0 Å². The number of urea groups is 1. The van der Waals surface area contributed by atoms with Crippen molar-refractivity contribution in [3.05, 3.63) is 29.8 Å². The summed E-state index contributed by atoms with van der Waals surface area (Å²) in [6.45, 7) is 0.711. The number of β-amino-alcohol motifs (C(OH)–C–C–N with tert-alkyl or cyclic N) is 1. The normalized spacial score (nSPS) is 19.7. The molecule has 4 nitrogen and oxygen atoms in total. The zero-order valence-corrected chi connectivity index (χ0v) is 9.70. The van der Waals surface area contributed by atoms with Gasteiger partial charge in [0.05, 0.1) is 11.8 Å². The van der Waals surface area contributed by atoms with Crippen molar-refractivity contribution in [3.63, 3.8) is 0 Å². The standard InChI is InChI=1S/C12H14F2N2O2/c13-9-4-1-5-10(11(9)14)15-12(18)16-6-2-3-8(17)7-16/h1,4-5,8,17H,2-3,6-7H2,(H,15,18). The number of likely N-dealkylation sites (tertiary alicyclic amines) is 1. The number of rotatable bonds is 1. The quantitative estimate of drug-likeness (QED) is 0.807. The molecule has 0 aliphatic carbocycles. The van der Waals surface area contributed by atoms with Crippen molar-refractivity contribution < 1.29 is 18.7 Å². The smallest absolute Gasteiger partial charge is 0.322 e. The number of carbonyl (C=O) groups is 1. The Morgan fingerprint density at radius 3 is 2.94 bits per heavy atom. The molecule has 0 radical (unpaired) electrons. The molecule has 1 heterocycles. The molecular formula is C12H14F2N2O2. The summed E-state index contributed by atoms with van der Waals surface area (Å²) in [5, 5.41) is 11.7. The van der Waals surface area contributed by atoms with Crippen LogP contribution in [-0.2, 0) is 0 Å². The number of aliphatic hydroxyl groups is 1. The first-order valence-electron chi connectivity index (χ1n) is 5.76. The van der Waals surface area contributed by atoms with Crippen molar-refractivity contribution in [2.24, 2.45) is 0 Å². The Kier molecular flexibility index (Phi) is 3.76. The molecule has 1 aromatic carbocycles. The second-order valence-electron chi connectivity index (χ2n) is 4.27. The van der Waals surface area contributed by atoms with Crippen LogP contribution < -0.4 is 5.32 Å². The number of hydrogen-bond donors (Lipinski definition) is 2. The second kappa shape index (κ2) is 5.30. The fourth-order valence-electron chi connectivity index (χ4n) is 1.93. The van der Waals surface area contributed by atoms with Gasteiger partial charge in [0, 0.05) is 13.1 Å². The zero-order valence-electron chi connectivity index (χ0n) is 9.70. The lowest BCUT2D eigenvalue weighted by Crippen LogP contribution is -2.44. The van der Waals surface area contributed by atoms with Gasteiger partial charge in [0.2, 0.25) is 0 Å². The molecule has 2 amide bonds. The van der Waals surface area contributed by atoms with Crippen LogP contribution in [0, 0.1) is 11.6 Å². The Balaban J connectivity index is 2.04. The van der Waals surface area contributed by atoms with Crippen LogP contribution in [0.1, 0.15) is 12.8 Å². The van der Waals surface area contributed by atoms with Gasteiger partial charge < -0.3 is 15.3 Å². The highest BCUT2D eigenvalue weighted by molar-refractivity contribution is 5.89. The van der Waals surface area contributed by atoms with E-state index in [1.165, 1.54) is 17.0 Å². The molecule has 1 aliphatic heterocycles. The van der Waals surface area contributed by atoms with Crippen molar-refractivity contribution in [2.45, 2.75) is 18.9 Å². The molecule has 1 saturated heterocycles. The van der Waals surface area contributed by atoms with Gasteiger partial charge in [0.15, 0.2) is 11.6 Å². The lowest BCUT2D eigenvalue weighted by Gasteiger charge is -2.30. The summed E-state index contributed by atoms with van der Waals surface area (Å²) in [4.78, 5) is 13.2. The zero-order chi connectivity index (χ0) is 13.1. The molecule has 2 N–H and O–H groups in total. The van der Waals surface area contributed by atoms with E-state index < -0.39 is 23.8 Å². The predicted molar refractivity (Wildman–Crippen MR) is 62.2 cm³/mol. The second-order valence-corrected chi connectivity index (χ2v) is 4.27. The molecule has 98 valence electrons. The Labute approximate surface area is 103 Å². The molecule has 0 aromatic heterocycles. The van der Waals surface area contributed by atoms with Crippen molar-refractivity contribution in [3.8, 4) is 0 Å². The summed E-state index contributed by atoms with van der Waals surface area (Å²) in [5.41, 5.74) is -0.194. The van der Waals surface area contributed by atoms with Crippen LogP contribution in [0.2, 0.25) is 0 Å². The lowest BCUT2D eigenvalue weighted by molar-refractivity contribution is 0.0883. The first-order valence-corrected chi connectivity index (χ1v) is 5.76. The minimum atomic E-state index is -1.08. The van der Waals surface area contributed by atoms with Crippen LogP contribution >= 0.6 is 0 Å². The molecule has 1 unspecified atom stereocenters.